The first-order chi connectivity index (χ1) is 15.4. The molecule has 0 saturated heterocycles. The number of carbonyl (C=O) groups excluding carboxylic acids is 1. The van der Waals surface area contributed by atoms with Gasteiger partial charge in [-0.1, -0.05) is 23.9 Å². The number of hydrogen-bond acceptors (Lipinski definition) is 7. The zero-order valence-corrected chi connectivity index (χ0v) is 18.4. The van der Waals surface area contributed by atoms with Gasteiger partial charge in [-0.2, -0.15) is 0 Å². The average molecular weight is 454 g/mol. The van der Waals surface area contributed by atoms with Crippen molar-refractivity contribution in [3.05, 3.63) is 68.5 Å². The van der Waals surface area contributed by atoms with E-state index in [9.17, 15) is 19.7 Å². The molecule has 1 aromatic heterocycles. The van der Waals surface area contributed by atoms with Crippen molar-refractivity contribution in [3.8, 4) is 17.0 Å². The van der Waals surface area contributed by atoms with Crippen molar-refractivity contribution in [1.82, 2.24) is 10.1 Å². The van der Waals surface area contributed by atoms with Crippen molar-refractivity contribution < 1.29 is 19.1 Å². The highest BCUT2D eigenvalue weighted by Crippen LogP contribution is 2.40. The Balaban J connectivity index is 2.12. The van der Waals surface area contributed by atoms with Crippen LogP contribution < -0.4 is 19.9 Å². The summed E-state index contributed by atoms with van der Waals surface area (Å²) in [4.78, 5) is 41.2. The molecule has 1 aliphatic rings. The first kappa shape index (κ1) is 21.5. The summed E-state index contributed by atoms with van der Waals surface area (Å²) in [6, 6.07) is 11.2. The van der Waals surface area contributed by atoms with Crippen LogP contribution in [0.25, 0.3) is 11.3 Å². The molecule has 2 aromatic carbocycles. The molecule has 0 unspecified atom stereocenters. The Morgan fingerprint density at radius 1 is 1.34 bits per heavy atom. The van der Waals surface area contributed by atoms with Crippen LogP contribution in [0, 0.1) is 10.1 Å². The second-order valence-corrected chi connectivity index (χ2v) is 7.74. The maximum absolute atomic E-state index is 13.1. The first-order valence-corrected chi connectivity index (χ1v) is 11.0. The van der Waals surface area contributed by atoms with Gasteiger partial charge in [0.1, 0.15) is 5.75 Å². The molecule has 1 atom stereocenters. The second-order valence-electron chi connectivity index (χ2n) is 6.95. The predicted octanol–water partition coefficient (Wildman–Crippen LogP) is 2.67. The summed E-state index contributed by atoms with van der Waals surface area (Å²) < 4.78 is 7.19. The molecular weight excluding hydrogens is 434 g/mol. The summed E-state index contributed by atoms with van der Waals surface area (Å²) in [6.45, 7) is 3.50. The highest BCUT2D eigenvalue weighted by molar-refractivity contribution is 7.98. The van der Waals surface area contributed by atoms with Crippen LogP contribution in [0.3, 0.4) is 0 Å². The number of nitro benzene ring substituents is 1. The molecule has 1 aliphatic heterocycles. The molecule has 0 aliphatic carbocycles. The highest BCUT2D eigenvalue weighted by Gasteiger charge is 2.46. The van der Waals surface area contributed by atoms with Gasteiger partial charge < -0.3 is 4.74 Å². The van der Waals surface area contributed by atoms with Crippen LogP contribution in [0.2, 0.25) is 0 Å². The highest BCUT2D eigenvalue weighted by atomic mass is 32.2. The molecule has 0 spiro atoms. The molecule has 0 fully saturated rings. The van der Waals surface area contributed by atoms with E-state index < -0.39 is 11.1 Å². The Hall–Kier alpha value is -3.73. The van der Waals surface area contributed by atoms with Gasteiger partial charge in [0.25, 0.3) is 11.9 Å². The average Bonchev–Trinajstić information content (AvgIpc) is 2.77. The molecule has 1 amide bonds. The Morgan fingerprint density at radius 2 is 2.09 bits per heavy atom. The molecule has 2 heterocycles. The Kier molecular flexibility index (Phi) is 5.66. The number of nitrogens with one attached hydrogen (secondary N) is 1. The van der Waals surface area contributed by atoms with Crippen molar-refractivity contribution in [2.45, 2.75) is 25.2 Å². The van der Waals surface area contributed by atoms with Crippen LogP contribution >= 0.6 is 11.8 Å². The summed E-state index contributed by atoms with van der Waals surface area (Å²) in [6.07, 6.45) is 0.797. The van der Waals surface area contributed by atoms with Crippen molar-refractivity contribution >= 4 is 29.0 Å². The number of nitro groups is 1. The smallest absolute Gasteiger partial charge is 0.325 e. The summed E-state index contributed by atoms with van der Waals surface area (Å²) in [5, 5.41) is 16.4. The number of para-hydroxylation sites is 1. The van der Waals surface area contributed by atoms with Crippen molar-refractivity contribution in [2.24, 2.45) is 0 Å². The minimum atomic E-state index is -0.966. The van der Waals surface area contributed by atoms with E-state index in [0.29, 0.717) is 34.3 Å². The molecule has 164 valence electrons. The number of ether oxygens (including phenoxy) is 1. The number of benzene rings is 2. The quantitative estimate of drug-likeness (QED) is 0.272. The maximum atomic E-state index is 13.1. The minimum Gasteiger partial charge on any atom is -0.493 e. The van der Waals surface area contributed by atoms with Gasteiger partial charge in [-0.15, -0.1) is 0 Å². The van der Waals surface area contributed by atoms with Gasteiger partial charge in [-0.3, -0.25) is 24.7 Å². The van der Waals surface area contributed by atoms with E-state index in [2.05, 4.69) is 10.1 Å². The molecule has 11 heteroatoms. The number of fused-ring (bicyclic) bond motifs is 3. The standard InChI is InChI=1S/C21H19N5O5S/c1-4-31-17-10-9-13(26(29)30)11-15(17)20-24(12(2)27)16-8-6-5-7-14(16)18-19(28)22-21(32-3)23-25(18)20/h5-11,20H,4H2,1-3H3/p+1/t20-/m0/s1. The topological polar surface area (TPSA) is 122 Å². The van der Waals surface area contributed by atoms with E-state index in [1.54, 1.807) is 37.4 Å². The lowest BCUT2D eigenvalue weighted by Crippen LogP contribution is -2.60. The van der Waals surface area contributed by atoms with Gasteiger partial charge in [0, 0.05) is 24.2 Å². The summed E-state index contributed by atoms with van der Waals surface area (Å²) in [7, 11) is 0. The molecule has 10 nitrogen and oxygen atoms in total. The fraction of sp³-hybridized carbons (Fsp3) is 0.238. The molecule has 32 heavy (non-hydrogen) atoms. The van der Waals surface area contributed by atoms with Crippen molar-refractivity contribution in [3.63, 3.8) is 0 Å². The largest absolute Gasteiger partial charge is 0.493 e. The third kappa shape index (κ3) is 3.50. The minimum absolute atomic E-state index is 0.164. The number of carbonyl (C=O) groups is 1. The monoisotopic (exact) mass is 454 g/mol. The van der Waals surface area contributed by atoms with Crippen molar-refractivity contribution in [2.75, 3.05) is 17.8 Å². The summed E-state index contributed by atoms with van der Waals surface area (Å²) in [5.74, 6) is 0.0438. The molecule has 0 bridgehead atoms. The molecule has 1 N–H and O–H groups in total. The second kappa shape index (κ2) is 8.42. The third-order valence-electron chi connectivity index (χ3n) is 5.07. The summed E-state index contributed by atoms with van der Waals surface area (Å²) >= 11 is 1.24. The van der Waals surface area contributed by atoms with E-state index >= 15 is 0 Å². The third-order valence-corrected chi connectivity index (χ3v) is 5.64. The van der Waals surface area contributed by atoms with Crippen molar-refractivity contribution in [1.29, 1.82) is 0 Å². The normalized spacial score (nSPS) is 14.5. The zero-order valence-electron chi connectivity index (χ0n) is 17.6. The number of aromatic amines is 1. The number of amides is 1. The van der Waals surface area contributed by atoms with Gasteiger partial charge in [-0.05, 0) is 36.1 Å². The van der Waals surface area contributed by atoms with Crippen LogP contribution in [-0.2, 0) is 4.79 Å². The number of rotatable bonds is 5. The molecule has 4 rings (SSSR count). The van der Waals surface area contributed by atoms with E-state index in [4.69, 9.17) is 4.74 Å². The van der Waals surface area contributed by atoms with Crippen LogP contribution in [0.15, 0.2) is 52.4 Å². The Bertz CT molecular complexity index is 1290. The first-order valence-electron chi connectivity index (χ1n) is 9.77. The predicted molar refractivity (Wildman–Crippen MR) is 118 cm³/mol. The molecule has 0 saturated carbocycles. The van der Waals surface area contributed by atoms with Gasteiger partial charge in [0.15, 0.2) is 0 Å². The number of thioether (sulfide) groups is 1. The number of non-ortho nitro benzene ring substituents is 1. The summed E-state index contributed by atoms with van der Waals surface area (Å²) in [5.41, 5.74) is 1.08. The molecule has 0 radical (unpaired) electrons. The lowest BCUT2D eigenvalue weighted by atomic mass is 10.0. The van der Waals surface area contributed by atoms with E-state index in [1.165, 1.54) is 46.5 Å². The SMILES string of the molecule is CCOc1ccc([N+](=O)[O-])cc1[C@H]1N(C(C)=O)c2ccccc2-c2c(=O)[nH]c(SC)n[n+]21. The van der Waals surface area contributed by atoms with Gasteiger partial charge >= 0.3 is 11.3 Å². The van der Waals surface area contributed by atoms with Gasteiger partial charge in [0.2, 0.25) is 11.1 Å². The maximum Gasteiger partial charge on any atom is 0.325 e. The van der Waals surface area contributed by atoms with E-state index in [0.717, 1.165) is 0 Å². The fourth-order valence-corrected chi connectivity index (χ4v) is 4.19. The number of nitrogens with zero attached hydrogens (tertiary/aromatic N) is 4. The number of hydrogen-bond donors (Lipinski definition) is 1. The lowest BCUT2D eigenvalue weighted by molar-refractivity contribution is -0.763. The molecular formula is C21H20N5O5S+. The van der Waals surface area contributed by atoms with E-state index in [1.807, 2.05) is 0 Å². The number of aromatic nitrogens is 3. The Labute approximate surface area is 187 Å². The van der Waals surface area contributed by atoms with Crippen LogP contribution in [0.4, 0.5) is 11.4 Å². The van der Waals surface area contributed by atoms with Crippen LogP contribution in [-0.4, -0.2) is 33.8 Å². The number of H-pyrrole nitrogens is 1. The zero-order chi connectivity index (χ0) is 23.0. The molecule has 3 aromatic rings. The number of anilines is 1. The lowest BCUT2D eigenvalue weighted by Gasteiger charge is -2.31. The fourth-order valence-electron chi connectivity index (χ4n) is 3.82. The van der Waals surface area contributed by atoms with E-state index in [-0.39, 0.29) is 22.8 Å². The van der Waals surface area contributed by atoms with Crippen LogP contribution in [0.1, 0.15) is 25.6 Å². The van der Waals surface area contributed by atoms with Crippen LogP contribution in [0.5, 0.6) is 5.75 Å². The van der Waals surface area contributed by atoms with Gasteiger partial charge in [0.05, 0.1) is 28.3 Å². The van der Waals surface area contributed by atoms with Gasteiger partial charge in [-0.25, -0.2) is 4.90 Å². The Morgan fingerprint density at radius 3 is 2.75 bits per heavy atom.